The Morgan fingerprint density at radius 1 is 1.35 bits per heavy atom. The molecule has 3 N–H and O–H groups in total. The Hall–Kier alpha value is -1.63. The molecule has 0 aliphatic heterocycles. The van der Waals surface area contributed by atoms with E-state index in [-0.39, 0.29) is 12.1 Å². The summed E-state index contributed by atoms with van der Waals surface area (Å²) in [5, 5.41) is 15.5. The van der Waals surface area contributed by atoms with Gasteiger partial charge in [-0.2, -0.15) is 15.0 Å². The summed E-state index contributed by atoms with van der Waals surface area (Å²) in [5.41, 5.74) is 0. The summed E-state index contributed by atoms with van der Waals surface area (Å²) in [4.78, 5) is 12.1. The van der Waals surface area contributed by atoms with E-state index in [1.165, 1.54) is 7.11 Å². The highest BCUT2D eigenvalue weighted by molar-refractivity contribution is 5.35. The minimum Gasteiger partial charge on any atom is -0.467 e. The number of rotatable bonds is 6. The van der Waals surface area contributed by atoms with Crippen LogP contribution in [-0.4, -0.2) is 46.9 Å². The van der Waals surface area contributed by atoms with E-state index in [1.807, 2.05) is 0 Å². The molecule has 7 heteroatoms. The van der Waals surface area contributed by atoms with Gasteiger partial charge in [-0.3, -0.25) is 0 Å². The van der Waals surface area contributed by atoms with Gasteiger partial charge in [-0.05, 0) is 18.8 Å². The molecular formula is C10H17N5O2. The molecule has 1 atom stereocenters. The highest BCUT2D eigenvalue weighted by Gasteiger charge is 2.29. The molecule has 7 nitrogen and oxygen atoms in total. The minimum absolute atomic E-state index is 0.243. The topological polar surface area (TPSA) is 92.2 Å². The molecule has 0 amide bonds. The second kappa shape index (κ2) is 5.13. The molecule has 94 valence electrons. The molecule has 1 aromatic rings. The first-order chi connectivity index (χ1) is 8.22. The maximum atomic E-state index is 9.72. The fourth-order valence-electron chi connectivity index (χ4n) is 1.48. The Bertz CT molecular complexity index is 361. The highest BCUT2D eigenvalue weighted by Crippen LogP contribution is 2.32. The van der Waals surface area contributed by atoms with Crippen molar-refractivity contribution >= 4 is 11.9 Å². The van der Waals surface area contributed by atoms with Crippen LogP contribution in [0.3, 0.4) is 0 Å². The second-order valence-corrected chi connectivity index (χ2v) is 4.01. The van der Waals surface area contributed by atoms with Gasteiger partial charge in [0.05, 0.1) is 13.2 Å². The van der Waals surface area contributed by atoms with Gasteiger partial charge in [-0.25, -0.2) is 0 Å². The van der Waals surface area contributed by atoms with Gasteiger partial charge in [0.15, 0.2) is 0 Å². The van der Waals surface area contributed by atoms with E-state index in [9.17, 15) is 5.11 Å². The molecule has 1 saturated carbocycles. The van der Waals surface area contributed by atoms with E-state index >= 15 is 0 Å². The molecule has 2 rings (SSSR count). The first-order valence-electron chi connectivity index (χ1n) is 5.62. The predicted octanol–water partition coefficient (Wildman–Crippen LogP) is 0.105. The molecule has 1 aromatic heterocycles. The van der Waals surface area contributed by atoms with Crippen LogP contribution < -0.4 is 15.4 Å². The van der Waals surface area contributed by atoms with E-state index < -0.39 is 0 Å². The number of methoxy groups -OCH3 is 1. The van der Waals surface area contributed by atoms with Crippen molar-refractivity contribution in [2.75, 3.05) is 31.3 Å². The zero-order valence-electron chi connectivity index (χ0n) is 9.97. The van der Waals surface area contributed by atoms with Crippen molar-refractivity contribution in [2.45, 2.75) is 18.9 Å². The summed E-state index contributed by atoms with van der Waals surface area (Å²) in [6, 6.07) is 0.243. The normalized spacial score (nSPS) is 16.4. The highest BCUT2D eigenvalue weighted by atomic mass is 16.5. The van der Waals surface area contributed by atoms with Gasteiger partial charge in [0, 0.05) is 13.6 Å². The van der Waals surface area contributed by atoms with Gasteiger partial charge in [-0.15, -0.1) is 0 Å². The van der Waals surface area contributed by atoms with Gasteiger partial charge in [0.1, 0.15) is 0 Å². The zero-order valence-corrected chi connectivity index (χ0v) is 9.97. The Morgan fingerprint density at radius 3 is 2.65 bits per heavy atom. The first-order valence-corrected chi connectivity index (χ1v) is 5.62. The van der Waals surface area contributed by atoms with Gasteiger partial charge in [0.25, 0.3) is 0 Å². The number of hydrogen-bond donors (Lipinski definition) is 3. The van der Waals surface area contributed by atoms with Gasteiger partial charge in [0.2, 0.25) is 11.9 Å². The largest absolute Gasteiger partial charge is 0.467 e. The van der Waals surface area contributed by atoms with E-state index in [2.05, 4.69) is 25.6 Å². The Kier molecular flexibility index (Phi) is 3.58. The molecule has 17 heavy (non-hydrogen) atoms. The Morgan fingerprint density at radius 2 is 2.06 bits per heavy atom. The summed E-state index contributed by atoms with van der Waals surface area (Å²) in [6.45, 7) is 0.445. The fraction of sp³-hybridized carbons (Fsp3) is 0.700. The van der Waals surface area contributed by atoms with Crippen molar-refractivity contribution in [1.29, 1.82) is 0 Å². The average molecular weight is 239 g/mol. The van der Waals surface area contributed by atoms with Crippen molar-refractivity contribution in [2.24, 2.45) is 5.92 Å². The van der Waals surface area contributed by atoms with Crippen LogP contribution in [0.2, 0.25) is 0 Å². The lowest BCUT2D eigenvalue weighted by Crippen LogP contribution is -2.22. The number of nitrogens with one attached hydrogen (secondary N) is 2. The first kappa shape index (κ1) is 11.8. The number of nitrogens with zero attached hydrogens (tertiary/aromatic N) is 3. The lowest BCUT2D eigenvalue weighted by molar-refractivity contribution is 0.164. The summed E-state index contributed by atoms with van der Waals surface area (Å²) < 4.78 is 4.96. The second-order valence-electron chi connectivity index (χ2n) is 4.01. The molecule has 1 aliphatic rings. The van der Waals surface area contributed by atoms with Crippen molar-refractivity contribution in [1.82, 2.24) is 15.0 Å². The van der Waals surface area contributed by atoms with Crippen LogP contribution in [0.5, 0.6) is 6.01 Å². The number of anilines is 2. The lowest BCUT2D eigenvalue weighted by Gasteiger charge is -2.11. The van der Waals surface area contributed by atoms with Crippen molar-refractivity contribution in [3.05, 3.63) is 0 Å². The molecule has 1 aliphatic carbocycles. The van der Waals surface area contributed by atoms with Crippen molar-refractivity contribution in [3.63, 3.8) is 0 Å². The third-order valence-corrected chi connectivity index (χ3v) is 2.66. The number of hydrogen-bond acceptors (Lipinski definition) is 7. The molecular weight excluding hydrogens is 222 g/mol. The Balaban J connectivity index is 1.98. The maximum Gasteiger partial charge on any atom is 0.322 e. The lowest BCUT2D eigenvalue weighted by atomic mass is 10.2. The SMILES string of the molecule is CNc1nc(NCC(O)C2CC2)nc(OC)n1. The van der Waals surface area contributed by atoms with Gasteiger partial charge < -0.3 is 20.5 Å². The minimum atomic E-state index is -0.337. The molecule has 0 radical (unpaired) electrons. The zero-order chi connectivity index (χ0) is 12.3. The van der Waals surface area contributed by atoms with Crippen molar-refractivity contribution in [3.8, 4) is 6.01 Å². The average Bonchev–Trinajstić information content (AvgIpc) is 3.19. The van der Waals surface area contributed by atoms with Gasteiger partial charge in [-0.1, -0.05) is 0 Å². The molecule has 0 spiro atoms. The standard InChI is InChI=1S/C10H17N5O2/c1-11-8-13-9(15-10(14-8)17-2)12-5-7(16)6-3-4-6/h6-7,16H,3-5H2,1-2H3,(H2,11,12,13,14,15). The maximum absolute atomic E-state index is 9.72. The monoisotopic (exact) mass is 239 g/mol. The van der Waals surface area contributed by atoms with Crippen molar-refractivity contribution < 1.29 is 9.84 Å². The van der Waals surface area contributed by atoms with E-state index in [4.69, 9.17) is 4.74 Å². The molecule has 0 saturated heterocycles. The van der Waals surface area contributed by atoms with Gasteiger partial charge >= 0.3 is 6.01 Å². The van der Waals surface area contributed by atoms with Crippen LogP contribution in [0.1, 0.15) is 12.8 Å². The molecule has 1 unspecified atom stereocenters. The summed E-state index contributed by atoms with van der Waals surface area (Å²) >= 11 is 0. The molecule has 0 bridgehead atoms. The van der Waals surface area contributed by atoms with Crippen LogP contribution in [0.15, 0.2) is 0 Å². The summed E-state index contributed by atoms with van der Waals surface area (Å²) in [5.74, 6) is 1.26. The van der Waals surface area contributed by atoms with Crippen LogP contribution in [0, 0.1) is 5.92 Å². The van der Waals surface area contributed by atoms with Crippen LogP contribution >= 0.6 is 0 Å². The third-order valence-electron chi connectivity index (χ3n) is 2.66. The predicted molar refractivity (Wildman–Crippen MR) is 63.1 cm³/mol. The molecule has 1 fully saturated rings. The summed E-state index contributed by atoms with van der Waals surface area (Å²) in [6.07, 6.45) is 1.87. The Labute approximate surface area is 99.6 Å². The van der Waals surface area contributed by atoms with Crippen LogP contribution in [-0.2, 0) is 0 Å². The third kappa shape index (κ3) is 3.16. The summed E-state index contributed by atoms with van der Waals surface area (Å²) in [7, 11) is 3.22. The quantitative estimate of drug-likeness (QED) is 0.648. The fourth-order valence-corrected chi connectivity index (χ4v) is 1.48. The molecule has 0 aromatic carbocycles. The van der Waals surface area contributed by atoms with E-state index in [1.54, 1.807) is 7.05 Å². The van der Waals surface area contributed by atoms with Crippen LogP contribution in [0.4, 0.5) is 11.9 Å². The number of ether oxygens (including phenoxy) is 1. The number of aliphatic hydroxyl groups excluding tert-OH is 1. The van der Waals surface area contributed by atoms with E-state index in [0.29, 0.717) is 24.4 Å². The molecule has 1 heterocycles. The van der Waals surface area contributed by atoms with Crippen LogP contribution in [0.25, 0.3) is 0 Å². The smallest absolute Gasteiger partial charge is 0.322 e. The number of aromatic nitrogens is 3. The number of aliphatic hydroxyl groups is 1. The van der Waals surface area contributed by atoms with E-state index in [0.717, 1.165) is 12.8 Å².